The largest absolute Gasteiger partial charge is 0.619 e. The molecule has 2 aliphatic rings. The Labute approximate surface area is 217 Å². The molecule has 1 aliphatic heterocycles. The Morgan fingerprint density at radius 1 is 1.00 bits per heavy atom. The van der Waals surface area contributed by atoms with Crippen LogP contribution in [0.2, 0.25) is 0 Å². The highest BCUT2D eigenvalue weighted by Gasteiger charge is 2.52. The summed E-state index contributed by atoms with van der Waals surface area (Å²) < 4.78 is 18.8. The number of nitrogens with one attached hydrogen (secondary N) is 1. The highest BCUT2D eigenvalue weighted by atomic mass is 16.7. The number of aromatic nitrogens is 1. The molecule has 2 heterocycles. The normalized spacial score (nSPS) is 17.8. The standard InChI is InChI=1S/C29H31BN2O5/c1-28(2)29(3,4)37-30(36-28)21(16-20-10-9-15-32(34)18-20)17-31-27(33)35-19-26-24-13-7-5-11-22(24)23-12-6-8-14-25(23)26/h5-16,18,26H,17,19H2,1-4H3,(H,31,33). The number of nitrogens with zero attached hydrogens (tertiary/aromatic N) is 1. The molecule has 0 unspecified atom stereocenters. The number of amides is 1. The first-order chi connectivity index (χ1) is 17.6. The number of rotatable bonds is 6. The molecule has 7 nitrogen and oxygen atoms in total. The molecule has 1 amide bonds. The minimum atomic E-state index is -0.681. The Morgan fingerprint density at radius 2 is 1.59 bits per heavy atom. The van der Waals surface area contributed by atoms with Gasteiger partial charge in [-0.1, -0.05) is 54.6 Å². The fourth-order valence-electron chi connectivity index (χ4n) is 4.79. The Hall–Kier alpha value is -3.62. The fraction of sp³-hybridized carbons (Fsp3) is 0.310. The van der Waals surface area contributed by atoms with Crippen molar-refractivity contribution in [3.05, 3.63) is 100 Å². The Bertz CT molecular complexity index is 1290. The molecule has 0 atom stereocenters. The van der Waals surface area contributed by atoms with E-state index in [0.29, 0.717) is 11.0 Å². The summed E-state index contributed by atoms with van der Waals surface area (Å²) in [4.78, 5) is 12.8. The molecule has 1 aliphatic carbocycles. The molecule has 5 rings (SSSR count). The lowest BCUT2D eigenvalue weighted by Crippen LogP contribution is -2.41. The number of ether oxygens (including phenoxy) is 1. The van der Waals surface area contributed by atoms with Gasteiger partial charge >= 0.3 is 13.2 Å². The molecule has 0 bridgehead atoms. The van der Waals surface area contributed by atoms with E-state index >= 15 is 0 Å². The highest BCUT2D eigenvalue weighted by Crippen LogP contribution is 2.44. The van der Waals surface area contributed by atoms with Crippen LogP contribution >= 0.6 is 0 Å². The molecule has 0 radical (unpaired) electrons. The molecule has 1 fully saturated rings. The van der Waals surface area contributed by atoms with Crippen molar-refractivity contribution in [2.24, 2.45) is 0 Å². The first-order valence-corrected chi connectivity index (χ1v) is 12.5. The summed E-state index contributed by atoms with van der Waals surface area (Å²) in [6.07, 6.45) is 4.15. The minimum absolute atomic E-state index is 0.0203. The molecule has 8 heteroatoms. The number of hydrogen-bond donors (Lipinski definition) is 1. The maximum Gasteiger partial charge on any atom is 0.492 e. The lowest BCUT2D eigenvalue weighted by Gasteiger charge is -2.32. The van der Waals surface area contributed by atoms with Gasteiger partial charge < -0.3 is 24.6 Å². The van der Waals surface area contributed by atoms with Gasteiger partial charge in [0.05, 0.1) is 11.2 Å². The fourth-order valence-corrected chi connectivity index (χ4v) is 4.79. The second kappa shape index (κ2) is 9.69. The highest BCUT2D eigenvalue weighted by molar-refractivity contribution is 6.56. The topological polar surface area (TPSA) is 83.7 Å². The molecule has 0 spiro atoms. The molecule has 2 aromatic carbocycles. The van der Waals surface area contributed by atoms with Crippen molar-refractivity contribution in [3.8, 4) is 11.1 Å². The van der Waals surface area contributed by atoms with Gasteiger partial charge in [-0.05, 0) is 61.5 Å². The second-order valence-electron chi connectivity index (χ2n) is 10.5. The molecular formula is C29H31BN2O5. The summed E-state index contributed by atoms with van der Waals surface area (Å²) in [5, 5.41) is 14.6. The maximum atomic E-state index is 12.8. The van der Waals surface area contributed by atoms with Crippen molar-refractivity contribution >= 4 is 19.3 Å². The number of carbonyl (C=O) groups excluding carboxylic acids is 1. The molecular weight excluding hydrogens is 467 g/mol. The zero-order valence-electron chi connectivity index (χ0n) is 21.6. The molecule has 37 heavy (non-hydrogen) atoms. The number of carbonyl (C=O) groups is 1. The predicted molar refractivity (Wildman–Crippen MR) is 143 cm³/mol. The number of fused-ring (bicyclic) bond motifs is 3. The van der Waals surface area contributed by atoms with E-state index in [1.54, 1.807) is 12.1 Å². The average Bonchev–Trinajstić information content (AvgIpc) is 3.29. The summed E-state index contributed by atoms with van der Waals surface area (Å²) in [5.41, 5.74) is 4.93. The van der Waals surface area contributed by atoms with E-state index in [1.165, 1.54) is 23.5 Å². The van der Waals surface area contributed by atoms with Crippen molar-refractivity contribution in [2.75, 3.05) is 13.2 Å². The Morgan fingerprint density at radius 3 is 2.19 bits per heavy atom. The Balaban J connectivity index is 1.29. The van der Waals surface area contributed by atoms with Crippen LogP contribution in [0, 0.1) is 5.21 Å². The van der Waals surface area contributed by atoms with Gasteiger partial charge in [-0.25, -0.2) is 4.79 Å². The van der Waals surface area contributed by atoms with Gasteiger partial charge in [-0.15, -0.1) is 0 Å². The lowest BCUT2D eigenvalue weighted by molar-refractivity contribution is -0.605. The van der Waals surface area contributed by atoms with E-state index in [9.17, 15) is 10.0 Å². The van der Waals surface area contributed by atoms with Crippen molar-refractivity contribution in [3.63, 3.8) is 0 Å². The van der Waals surface area contributed by atoms with Gasteiger partial charge in [0, 0.05) is 24.1 Å². The van der Waals surface area contributed by atoms with Gasteiger partial charge in [0.2, 0.25) is 0 Å². The van der Waals surface area contributed by atoms with E-state index in [2.05, 4.69) is 29.6 Å². The zero-order chi connectivity index (χ0) is 26.2. The van der Waals surface area contributed by atoms with Crippen molar-refractivity contribution in [2.45, 2.75) is 44.8 Å². The van der Waals surface area contributed by atoms with E-state index in [1.807, 2.05) is 58.0 Å². The van der Waals surface area contributed by atoms with Crippen LogP contribution in [0.15, 0.2) is 78.5 Å². The van der Waals surface area contributed by atoms with Gasteiger partial charge in [0.15, 0.2) is 12.4 Å². The van der Waals surface area contributed by atoms with Crippen LogP contribution in [0.1, 0.15) is 50.3 Å². The third-order valence-electron chi connectivity index (χ3n) is 7.49. The quantitative estimate of drug-likeness (QED) is 0.298. The molecule has 1 aromatic heterocycles. The van der Waals surface area contributed by atoms with Gasteiger partial charge in [0.25, 0.3) is 0 Å². The van der Waals surface area contributed by atoms with Crippen molar-refractivity contribution in [1.82, 2.24) is 5.32 Å². The molecule has 3 aromatic rings. The van der Waals surface area contributed by atoms with Crippen LogP contribution < -0.4 is 10.0 Å². The van der Waals surface area contributed by atoms with E-state index < -0.39 is 24.4 Å². The maximum absolute atomic E-state index is 12.8. The first-order valence-electron chi connectivity index (χ1n) is 12.5. The van der Waals surface area contributed by atoms with E-state index in [4.69, 9.17) is 14.0 Å². The van der Waals surface area contributed by atoms with Crippen LogP contribution in [-0.4, -0.2) is 37.6 Å². The van der Waals surface area contributed by atoms with E-state index in [-0.39, 0.29) is 19.1 Å². The molecule has 1 saturated heterocycles. The smallest absolute Gasteiger partial charge is 0.492 e. The van der Waals surface area contributed by atoms with Crippen molar-refractivity contribution in [1.29, 1.82) is 0 Å². The third kappa shape index (κ3) is 4.99. The first kappa shape index (κ1) is 25.1. The number of hydrogen-bond acceptors (Lipinski definition) is 5. The molecule has 190 valence electrons. The summed E-state index contributed by atoms with van der Waals surface area (Å²) in [6, 6.07) is 19.9. The summed E-state index contributed by atoms with van der Waals surface area (Å²) in [5.74, 6) is -0.0203. The van der Waals surface area contributed by atoms with Crippen LogP contribution in [0.25, 0.3) is 17.2 Å². The average molecular weight is 498 g/mol. The van der Waals surface area contributed by atoms with Crippen LogP contribution in [-0.2, 0) is 14.0 Å². The molecule has 1 N–H and O–H groups in total. The Kier molecular flexibility index (Phi) is 6.56. The van der Waals surface area contributed by atoms with Gasteiger partial charge in [-0.2, -0.15) is 4.73 Å². The number of alkyl carbamates (subject to hydrolysis) is 1. The predicted octanol–water partition coefficient (Wildman–Crippen LogP) is 4.87. The van der Waals surface area contributed by atoms with Crippen molar-refractivity contribution < 1.29 is 23.6 Å². The van der Waals surface area contributed by atoms with Crippen LogP contribution in [0.3, 0.4) is 0 Å². The van der Waals surface area contributed by atoms with Gasteiger partial charge in [-0.3, -0.25) is 0 Å². The monoisotopic (exact) mass is 498 g/mol. The third-order valence-corrected chi connectivity index (χ3v) is 7.49. The van der Waals surface area contributed by atoms with E-state index in [0.717, 1.165) is 15.9 Å². The van der Waals surface area contributed by atoms with Crippen LogP contribution in [0.4, 0.5) is 4.79 Å². The van der Waals surface area contributed by atoms with Gasteiger partial charge in [0.1, 0.15) is 6.61 Å². The number of benzene rings is 2. The summed E-state index contributed by atoms with van der Waals surface area (Å²) in [6.45, 7) is 8.25. The lowest BCUT2D eigenvalue weighted by atomic mass is 9.77. The summed E-state index contributed by atoms with van der Waals surface area (Å²) in [7, 11) is -0.681. The number of pyridine rings is 1. The molecule has 0 saturated carbocycles. The zero-order valence-corrected chi connectivity index (χ0v) is 21.6. The SMILES string of the molecule is CC1(C)OB(C(=Cc2ccc[n+]([O-])c2)CNC(=O)OCC2c3ccccc3-c3ccccc32)OC1(C)C. The summed E-state index contributed by atoms with van der Waals surface area (Å²) >= 11 is 0. The van der Waals surface area contributed by atoms with Crippen LogP contribution in [0.5, 0.6) is 0 Å². The minimum Gasteiger partial charge on any atom is -0.619 e. The second-order valence-corrected chi connectivity index (χ2v) is 10.5.